The van der Waals surface area contributed by atoms with Crippen LogP contribution in [-0.4, -0.2) is 46.8 Å². The van der Waals surface area contributed by atoms with Crippen LogP contribution in [0, 0.1) is 0 Å². The van der Waals surface area contributed by atoms with Crippen molar-refractivity contribution in [3.8, 4) is 38.1 Å². The van der Waals surface area contributed by atoms with E-state index < -0.39 is 0 Å². The molecule has 0 amide bonds. The molecule has 1 aliphatic rings. The van der Waals surface area contributed by atoms with Crippen LogP contribution in [0.2, 0.25) is 0 Å². The molecule has 0 N–H and O–H groups in total. The number of fused-ring (bicyclic) bond motifs is 1. The number of rotatable bonds is 9. The third kappa shape index (κ3) is 4.33. The molecule has 0 fully saturated rings. The molecule has 1 aliphatic heterocycles. The van der Waals surface area contributed by atoms with Crippen LogP contribution in [0.25, 0.3) is 20.9 Å². The van der Waals surface area contributed by atoms with Crippen LogP contribution in [0.1, 0.15) is 0 Å². The Hall–Kier alpha value is -2.06. The van der Waals surface area contributed by atoms with Gasteiger partial charge in [-0.15, -0.1) is 22.7 Å². The average molecular weight is 419 g/mol. The standard InChI is InChI=1S/C21H22O5S2/c1-22-7-8-23-9-10-24-16-4-2-15(3-5-16)17-6-13-27-20(17)21-19-18(14-28-21)25-11-12-26-19/h2-6,13-14H,7-12H2,1H3. The highest BCUT2D eigenvalue weighted by molar-refractivity contribution is 7.21. The first-order valence-corrected chi connectivity index (χ1v) is 10.9. The number of thiophene rings is 2. The maximum atomic E-state index is 5.86. The minimum Gasteiger partial charge on any atom is -0.491 e. The molecule has 0 saturated heterocycles. The maximum Gasteiger partial charge on any atom is 0.180 e. The van der Waals surface area contributed by atoms with E-state index in [1.165, 1.54) is 10.4 Å². The molecule has 0 unspecified atom stereocenters. The van der Waals surface area contributed by atoms with E-state index in [1.54, 1.807) is 29.8 Å². The molecular formula is C21H22O5S2. The molecule has 5 nitrogen and oxygen atoms in total. The van der Waals surface area contributed by atoms with Crippen molar-refractivity contribution in [3.63, 3.8) is 0 Å². The number of ether oxygens (including phenoxy) is 5. The molecule has 4 rings (SSSR count). The SMILES string of the molecule is COCCOCCOc1ccc(-c2ccsc2-c2scc3c2OCCO3)cc1. The van der Waals surface area contributed by atoms with Gasteiger partial charge in [0.1, 0.15) is 25.6 Å². The van der Waals surface area contributed by atoms with E-state index >= 15 is 0 Å². The van der Waals surface area contributed by atoms with Gasteiger partial charge in [0.2, 0.25) is 0 Å². The Morgan fingerprint density at radius 2 is 1.71 bits per heavy atom. The van der Waals surface area contributed by atoms with Gasteiger partial charge in [0.25, 0.3) is 0 Å². The van der Waals surface area contributed by atoms with Crippen LogP contribution >= 0.6 is 22.7 Å². The molecule has 0 atom stereocenters. The minimum absolute atomic E-state index is 0.519. The lowest BCUT2D eigenvalue weighted by molar-refractivity contribution is 0.0544. The Labute approximate surface area is 172 Å². The topological polar surface area (TPSA) is 46.2 Å². The Morgan fingerprint density at radius 1 is 0.893 bits per heavy atom. The van der Waals surface area contributed by atoms with Crippen LogP contribution in [-0.2, 0) is 9.47 Å². The Morgan fingerprint density at radius 3 is 2.57 bits per heavy atom. The lowest BCUT2D eigenvalue weighted by Crippen LogP contribution is -2.14. The van der Waals surface area contributed by atoms with Crippen LogP contribution in [0.15, 0.2) is 41.1 Å². The molecule has 0 aliphatic carbocycles. The van der Waals surface area contributed by atoms with Crippen molar-refractivity contribution in [2.75, 3.05) is 46.8 Å². The fourth-order valence-electron chi connectivity index (χ4n) is 2.93. The number of hydrogen-bond acceptors (Lipinski definition) is 7. The van der Waals surface area contributed by atoms with E-state index in [2.05, 4.69) is 23.6 Å². The molecular weight excluding hydrogens is 396 g/mol. The first-order chi connectivity index (χ1) is 13.9. The van der Waals surface area contributed by atoms with Gasteiger partial charge in [0.05, 0.1) is 29.6 Å². The third-order valence-corrected chi connectivity index (χ3v) is 6.28. The zero-order valence-corrected chi connectivity index (χ0v) is 17.3. The summed E-state index contributed by atoms with van der Waals surface area (Å²) in [5.41, 5.74) is 2.34. The van der Waals surface area contributed by atoms with Crippen molar-refractivity contribution in [1.82, 2.24) is 0 Å². The summed E-state index contributed by atoms with van der Waals surface area (Å²) in [5, 5.41) is 4.14. The zero-order valence-electron chi connectivity index (χ0n) is 15.6. The van der Waals surface area contributed by atoms with Gasteiger partial charge in [-0.05, 0) is 29.1 Å². The van der Waals surface area contributed by atoms with Crippen molar-refractivity contribution in [3.05, 3.63) is 41.1 Å². The summed E-state index contributed by atoms with van der Waals surface area (Å²) in [4.78, 5) is 2.34. The second-order valence-electron chi connectivity index (χ2n) is 6.10. The predicted molar refractivity (Wildman–Crippen MR) is 112 cm³/mol. The van der Waals surface area contributed by atoms with E-state index in [4.69, 9.17) is 23.7 Å². The van der Waals surface area contributed by atoms with E-state index in [1.807, 2.05) is 17.5 Å². The molecule has 3 heterocycles. The van der Waals surface area contributed by atoms with Crippen LogP contribution in [0.5, 0.6) is 17.2 Å². The van der Waals surface area contributed by atoms with Gasteiger partial charge in [0.15, 0.2) is 11.5 Å². The van der Waals surface area contributed by atoms with Crippen molar-refractivity contribution in [2.45, 2.75) is 0 Å². The molecule has 0 spiro atoms. The highest BCUT2D eigenvalue weighted by Crippen LogP contribution is 2.50. The zero-order chi connectivity index (χ0) is 19.2. The monoisotopic (exact) mass is 418 g/mol. The van der Waals surface area contributed by atoms with Gasteiger partial charge < -0.3 is 23.7 Å². The second kappa shape index (κ2) is 9.43. The molecule has 1 aromatic carbocycles. The summed E-state index contributed by atoms with van der Waals surface area (Å²) in [6.45, 7) is 3.46. The minimum atomic E-state index is 0.519. The van der Waals surface area contributed by atoms with Crippen molar-refractivity contribution >= 4 is 22.7 Å². The molecule has 0 radical (unpaired) electrons. The lowest BCUT2D eigenvalue weighted by atomic mass is 10.1. The van der Waals surface area contributed by atoms with Crippen molar-refractivity contribution < 1.29 is 23.7 Å². The second-order valence-corrected chi connectivity index (χ2v) is 7.89. The normalized spacial score (nSPS) is 12.9. The van der Waals surface area contributed by atoms with E-state index in [0.29, 0.717) is 39.6 Å². The Bertz CT molecular complexity index is 885. The van der Waals surface area contributed by atoms with Gasteiger partial charge in [-0.25, -0.2) is 0 Å². The average Bonchev–Trinajstić information content (AvgIpc) is 3.38. The largest absolute Gasteiger partial charge is 0.491 e. The van der Waals surface area contributed by atoms with Crippen molar-refractivity contribution in [2.24, 2.45) is 0 Å². The summed E-state index contributed by atoms with van der Waals surface area (Å²) in [6, 6.07) is 10.3. The summed E-state index contributed by atoms with van der Waals surface area (Å²) in [6.07, 6.45) is 0. The molecule has 2 aromatic heterocycles. The van der Waals surface area contributed by atoms with Crippen molar-refractivity contribution in [1.29, 1.82) is 0 Å². The Balaban J connectivity index is 1.43. The molecule has 0 bridgehead atoms. The highest BCUT2D eigenvalue weighted by atomic mass is 32.1. The smallest absolute Gasteiger partial charge is 0.180 e. The first kappa shape index (κ1) is 19.3. The molecule has 7 heteroatoms. The van der Waals surface area contributed by atoms with Crippen LogP contribution < -0.4 is 14.2 Å². The van der Waals surface area contributed by atoms with E-state index in [-0.39, 0.29) is 0 Å². The highest BCUT2D eigenvalue weighted by Gasteiger charge is 2.22. The predicted octanol–water partition coefficient (Wildman–Crippen LogP) is 4.96. The van der Waals surface area contributed by atoms with E-state index in [9.17, 15) is 0 Å². The van der Waals surface area contributed by atoms with Gasteiger partial charge in [-0.2, -0.15) is 0 Å². The molecule has 3 aromatic rings. The summed E-state index contributed by atoms with van der Waals surface area (Å²) < 4.78 is 27.6. The maximum absolute atomic E-state index is 5.86. The number of benzene rings is 1. The third-order valence-electron chi connectivity index (χ3n) is 4.27. The fraction of sp³-hybridized carbons (Fsp3) is 0.333. The van der Waals surface area contributed by atoms with Crippen LogP contribution in [0.4, 0.5) is 0 Å². The van der Waals surface area contributed by atoms with Gasteiger partial charge in [-0.1, -0.05) is 12.1 Å². The van der Waals surface area contributed by atoms with Gasteiger partial charge >= 0.3 is 0 Å². The molecule has 28 heavy (non-hydrogen) atoms. The molecule has 148 valence electrons. The van der Waals surface area contributed by atoms with Gasteiger partial charge in [0, 0.05) is 18.1 Å². The quantitative estimate of drug-likeness (QED) is 0.460. The van der Waals surface area contributed by atoms with Gasteiger partial charge in [-0.3, -0.25) is 0 Å². The van der Waals surface area contributed by atoms with E-state index in [0.717, 1.165) is 27.7 Å². The fourth-order valence-corrected chi connectivity index (χ4v) is 4.95. The lowest BCUT2D eigenvalue weighted by Gasteiger charge is -2.16. The summed E-state index contributed by atoms with van der Waals surface area (Å²) >= 11 is 3.39. The first-order valence-electron chi connectivity index (χ1n) is 9.11. The number of methoxy groups -OCH3 is 1. The van der Waals surface area contributed by atoms with Crippen LogP contribution in [0.3, 0.4) is 0 Å². The molecule has 0 saturated carbocycles. The summed E-state index contributed by atoms with van der Waals surface area (Å²) in [5.74, 6) is 2.55. The Kier molecular flexibility index (Phi) is 6.49. The summed E-state index contributed by atoms with van der Waals surface area (Å²) in [7, 11) is 1.66. The number of hydrogen-bond donors (Lipinski definition) is 0.